The van der Waals surface area contributed by atoms with Crippen LogP contribution in [-0.4, -0.2) is 4.98 Å². The standard InChI is InChI=1S/C12H12F2N2O/c1-7-16-12(6-17-7)11(15)5-8-9(13)3-2-4-10(8)14/h2-4,6,11H,5,15H2,1H3. The minimum atomic E-state index is -0.597. The van der Waals surface area contributed by atoms with Gasteiger partial charge in [0.1, 0.15) is 17.9 Å². The summed E-state index contributed by atoms with van der Waals surface area (Å²) in [5.74, 6) is -0.717. The minimum Gasteiger partial charge on any atom is -0.449 e. The molecule has 0 radical (unpaired) electrons. The molecule has 2 N–H and O–H groups in total. The van der Waals surface area contributed by atoms with E-state index in [1.165, 1.54) is 24.5 Å². The lowest BCUT2D eigenvalue weighted by Crippen LogP contribution is -2.15. The summed E-state index contributed by atoms with van der Waals surface area (Å²) in [5, 5.41) is 0. The zero-order valence-electron chi connectivity index (χ0n) is 9.28. The molecule has 5 heteroatoms. The zero-order chi connectivity index (χ0) is 12.4. The second-order valence-corrected chi connectivity index (χ2v) is 3.80. The van der Waals surface area contributed by atoms with Gasteiger partial charge in [0.2, 0.25) is 0 Å². The van der Waals surface area contributed by atoms with Crippen molar-refractivity contribution in [3.05, 3.63) is 53.2 Å². The maximum atomic E-state index is 13.4. The van der Waals surface area contributed by atoms with E-state index in [9.17, 15) is 8.78 Å². The predicted molar refractivity (Wildman–Crippen MR) is 58.2 cm³/mol. The van der Waals surface area contributed by atoms with Gasteiger partial charge >= 0.3 is 0 Å². The van der Waals surface area contributed by atoms with E-state index < -0.39 is 17.7 Å². The Morgan fingerprint density at radius 2 is 2.00 bits per heavy atom. The van der Waals surface area contributed by atoms with Crippen LogP contribution < -0.4 is 5.73 Å². The Morgan fingerprint density at radius 3 is 2.53 bits per heavy atom. The molecule has 0 aliphatic rings. The lowest BCUT2D eigenvalue weighted by Gasteiger charge is -2.09. The Bertz CT molecular complexity index is 505. The van der Waals surface area contributed by atoms with Crippen molar-refractivity contribution in [2.24, 2.45) is 5.73 Å². The fraction of sp³-hybridized carbons (Fsp3) is 0.250. The van der Waals surface area contributed by atoms with E-state index in [2.05, 4.69) is 4.98 Å². The third-order valence-corrected chi connectivity index (χ3v) is 2.50. The molecule has 1 aromatic heterocycles. The van der Waals surface area contributed by atoms with Gasteiger partial charge in [0.25, 0.3) is 0 Å². The molecule has 0 bridgehead atoms. The van der Waals surface area contributed by atoms with Crippen LogP contribution in [0.3, 0.4) is 0 Å². The topological polar surface area (TPSA) is 52.0 Å². The summed E-state index contributed by atoms with van der Waals surface area (Å²) < 4.78 is 31.8. The van der Waals surface area contributed by atoms with Crippen LogP contribution in [0.2, 0.25) is 0 Å². The van der Waals surface area contributed by atoms with Crippen LogP contribution in [0.15, 0.2) is 28.9 Å². The van der Waals surface area contributed by atoms with Crippen molar-refractivity contribution < 1.29 is 13.2 Å². The molecule has 0 saturated heterocycles. The molecule has 0 saturated carbocycles. The summed E-state index contributed by atoms with van der Waals surface area (Å²) in [6, 6.07) is 3.15. The fourth-order valence-electron chi connectivity index (χ4n) is 1.60. The van der Waals surface area contributed by atoms with Crippen LogP contribution in [0, 0.1) is 18.6 Å². The van der Waals surface area contributed by atoms with Crippen molar-refractivity contribution in [1.29, 1.82) is 0 Å². The van der Waals surface area contributed by atoms with Gasteiger partial charge in [-0.05, 0) is 18.6 Å². The van der Waals surface area contributed by atoms with Crippen molar-refractivity contribution in [3.63, 3.8) is 0 Å². The summed E-state index contributed by atoms with van der Waals surface area (Å²) in [6.07, 6.45) is 1.45. The largest absolute Gasteiger partial charge is 0.449 e. The first kappa shape index (κ1) is 11.7. The molecular weight excluding hydrogens is 226 g/mol. The number of hydrogen-bond donors (Lipinski definition) is 1. The third-order valence-electron chi connectivity index (χ3n) is 2.50. The molecule has 1 atom stereocenters. The van der Waals surface area contributed by atoms with E-state index in [1.54, 1.807) is 6.92 Å². The first-order valence-corrected chi connectivity index (χ1v) is 5.18. The number of benzene rings is 1. The monoisotopic (exact) mass is 238 g/mol. The molecule has 0 amide bonds. The SMILES string of the molecule is Cc1nc(C(N)Cc2c(F)cccc2F)co1. The van der Waals surface area contributed by atoms with Crippen molar-refractivity contribution in [2.45, 2.75) is 19.4 Å². The van der Waals surface area contributed by atoms with Crippen molar-refractivity contribution in [1.82, 2.24) is 4.98 Å². The zero-order valence-corrected chi connectivity index (χ0v) is 9.28. The van der Waals surface area contributed by atoms with Gasteiger partial charge in [-0.15, -0.1) is 0 Å². The van der Waals surface area contributed by atoms with E-state index in [1.807, 2.05) is 0 Å². The molecule has 0 spiro atoms. The van der Waals surface area contributed by atoms with Crippen LogP contribution in [-0.2, 0) is 6.42 Å². The first-order valence-electron chi connectivity index (χ1n) is 5.18. The summed E-state index contributed by atoms with van der Waals surface area (Å²) in [4.78, 5) is 4.03. The van der Waals surface area contributed by atoms with Crippen LogP contribution in [0.4, 0.5) is 8.78 Å². The molecule has 0 aliphatic carbocycles. The molecule has 90 valence electrons. The van der Waals surface area contributed by atoms with Crippen LogP contribution in [0.1, 0.15) is 23.2 Å². The molecule has 17 heavy (non-hydrogen) atoms. The molecule has 3 nitrogen and oxygen atoms in total. The maximum Gasteiger partial charge on any atom is 0.191 e. The van der Waals surface area contributed by atoms with E-state index >= 15 is 0 Å². The van der Waals surface area contributed by atoms with Gasteiger partial charge in [-0.2, -0.15) is 0 Å². The van der Waals surface area contributed by atoms with Crippen LogP contribution >= 0.6 is 0 Å². The van der Waals surface area contributed by atoms with Gasteiger partial charge in [-0.25, -0.2) is 13.8 Å². The number of oxazole rings is 1. The van der Waals surface area contributed by atoms with Gasteiger partial charge in [0, 0.05) is 12.5 Å². The molecule has 1 aromatic carbocycles. The smallest absolute Gasteiger partial charge is 0.191 e. The molecule has 2 rings (SSSR count). The van der Waals surface area contributed by atoms with Crippen molar-refractivity contribution in [2.75, 3.05) is 0 Å². The Kier molecular flexibility index (Phi) is 3.19. The molecule has 1 heterocycles. The number of nitrogens with two attached hydrogens (primary N) is 1. The Labute approximate surface area is 97.3 Å². The minimum absolute atomic E-state index is 0.0272. The second kappa shape index (κ2) is 4.63. The molecule has 0 fully saturated rings. The van der Waals surface area contributed by atoms with Gasteiger partial charge < -0.3 is 10.2 Å². The Hall–Kier alpha value is -1.75. The molecule has 1 unspecified atom stereocenters. The van der Waals surface area contributed by atoms with Gasteiger partial charge in [0.05, 0.1) is 11.7 Å². The Morgan fingerprint density at radius 1 is 1.35 bits per heavy atom. The van der Waals surface area contributed by atoms with Crippen molar-refractivity contribution in [3.8, 4) is 0 Å². The van der Waals surface area contributed by atoms with E-state index in [0.717, 1.165) is 0 Å². The number of nitrogens with zero attached hydrogens (tertiary/aromatic N) is 1. The number of rotatable bonds is 3. The highest BCUT2D eigenvalue weighted by atomic mass is 19.1. The summed E-state index contributed by atoms with van der Waals surface area (Å²) >= 11 is 0. The maximum absolute atomic E-state index is 13.4. The van der Waals surface area contributed by atoms with E-state index in [0.29, 0.717) is 11.6 Å². The second-order valence-electron chi connectivity index (χ2n) is 3.80. The first-order chi connectivity index (χ1) is 8.08. The highest BCUT2D eigenvalue weighted by Crippen LogP contribution is 2.20. The van der Waals surface area contributed by atoms with Crippen LogP contribution in [0.25, 0.3) is 0 Å². The number of halogens is 2. The van der Waals surface area contributed by atoms with Crippen molar-refractivity contribution >= 4 is 0 Å². The average molecular weight is 238 g/mol. The fourth-order valence-corrected chi connectivity index (χ4v) is 1.60. The van der Waals surface area contributed by atoms with E-state index in [-0.39, 0.29) is 12.0 Å². The summed E-state index contributed by atoms with van der Waals surface area (Å²) in [5.41, 5.74) is 6.29. The highest BCUT2D eigenvalue weighted by molar-refractivity contribution is 5.22. The van der Waals surface area contributed by atoms with Gasteiger partial charge in [-0.1, -0.05) is 6.07 Å². The van der Waals surface area contributed by atoms with Gasteiger partial charge in [0.15, 0.2) is 5.89 Å². The normalized spacial score (nSPS) is 12.7. The number of hydrogen-bond acceptors (Lipinski definition) is 3. The third kappa shape index (κ3) is 2.50. The highest BCUT2D eigenvalue weighted by Gasteiger charge is 2.16. The molecule has 2 aromatic rings. The summed E-state index contributed by atoms with van der Waals surface area (Å²) in [6.45, 7) is 1.68. The molecular formula is C12H12F2N2O. The Balaban J connectivity index is 2.21. The number of aromatic nitrogens is 1. The lowest BCUT2D eigenvalue weighted by molar-refractivity contribution is 0.517. The van der Waals surface area contributed by atoms with Crippen LogP contribution in [0.5, 0.6) is 0 Å². The van der Waals surface area contributed by atoms with E-state index in [4.69, 9.17) is 10.2 Å². The van der Waals surface area contributed by atoms with Gasteiger partial charge in [-0.3, -0.25) is 0 Å². The lowest BCUT2D eigenvalue weighted by atomic mass is 10.0. The average Bonchev–Trinajstić information content (AvgIpc) is 2.70. The number of aryl methyl sites for hydroxylation is 1. The molecule has 0 aliphatic heterocycles. The quantitative estimate of drug-likeness (QED) is 0.893. The predicted octanol–water partition coefficient (Wildman–Crippen LogP) is 2.50. The summed E-state index contributed by atoms with van der Waals surface area (Å²) in [7, 11) is 0.